The van der Waals surface area contributed by atoms with Gasteiger partial charge in [-0.1, -0.05) is 78.9 Å². The number of H-pyrrole nitrogens is 1. The molecule has 1 aliphatic carbocycles. The molecule has 1 N–H and O–H groups in total. The Balaban J connectivity index is 1.54. The van der Waals surface area contributed by atoms with Gasteiger partial charge >= 0.3 is 0 Å². The van der Waals surface area contributed by atoms with Crippen LogP contribution in [0.2, 0.25) is 0 Å². The van der Waals surface area contributed by atoms with Crippen LogP contribution in [0.3, 0.4) is 0 Å². The lowest BCUT2D eigenvalue weighted by Crippen LogP contribution is -2.07. The minimum Gasteiger partial charge on any atom is -0.353 e. The van der Waals surface area contributed by atoms with Crippen LogP contribution in [0.4, 0.5) is 0 Å². The van der Waals surface area contributed by atoms with Crippen LogP contribution in [0.15, 0.2) is 115 Å². The molecule has 0 atom stereocenters. The second-order valence-corrected chi connectivity index (χ2v) is 10.6. The van der Waals surface area contributed by atoms with Gasteiger partial charge < -0.3 is 9.55 Å². The zero-order valence-electron chi connectivity index (χ0n) is 20.8. The van der Waals surface area contributed by atoms with Gasteiger partial charge in [0.15, 0.2) is 0 Å². The summed E-state index contributed by atoms with van der Waals surface area (Å²) in [5.41, 5.74) is 11.9. The third-order valence-electron chi connectivity index (χ3n) is 8.59. The molecule has 0 aliphatic heterocycles. The van der Waals surface area contributed by atoms with Crippen molar-refractivity contribution in [3.8, 4) is 5.69 Å². The van der Waals surface area contributed by atoms with Crippen LogP contribution in [-0.2, 0) is 12.8 Å². The molecular weight excluding hydrogens is 460 g/mol. The van der Waals surface area contributed by atoms with E-state index in [1.54, 1.807) is 0 Å². The van der Waals surface area contributed by atoms with E-state index < -0.39 is 0 Å². The Hall–Kier alpha value is -4.82. The first kappa shape index (κ1) is 20.3. The smallest absolute Gasteiger partial charge is 0.0789 e. The molecule has 8 aromatic rings. The Morgan fingerprint density at radius 3 is 1.87 bits per heavy atom. The fourth-order valence-electron chi connectivity index (χ4n) is 6.94. The molecular formula is C36H24N2. The van der Waals surface area contributed by atoms with Crippen molar-refractivity contribution in [3.05, 3.63) is 138 Å². The second kappa shape index (κ2) is 7.36. The van der Waals surface area contributed by atoms with Gasteiger partial charge in [-0.05, 0) is 82.3 Å². The van der Waals surface area contributed by atoms with Crippen LogP contribution >= 0.6 is 0 Å². The average molecular weight is 485 g/mol. The maximum absolute atomic E-state index is 3.86. The second-order valence-electron chi connectivity index (χ2n) is 10.6. The number of aromatic nitrogens is 2. The molecule has 38 heavy (non-hydrogen) atoms. The van der Waals surface area contributed by atoms with Gasteiger partial charge in [0, 0.05) is 32.7 Å². The molecule has 0 fully saturated rings. The van der Waals surface area contributed by atoms with Crippen LogP contribution in [0.1, 0.15) is 22.3 Å². The Kier molecular flexibility index (Phi) is 3.93. The molecule has 0 saturated heterocycles. The molecule has 0 spiro atoms. The van der Waals surface area contributed by atoms with Crippen molar-refractivity contribution >= 4 is 54.4 Å². The summed E-state index contributed by atoms with van der Waals surface area (Å²) >= 11 is 0. The first-order chi connectivity index (χ1) is 18.8. The van der Waals surface area contributed by atoms with E-state index in [4.69, 9.17) is 0 Å². The van der Waals surface area contributed by atoms with E-state index in [2.05, 4.69) is 125 Å². The normalized spacial score (nSPS) is 13.1. The van der Waals surface area contributed by atoms with E-state index in [0.717, 1.165) is 12.8 Å². The van der Waals surface area contributed by atoms with Crippen LogP contribution in [0.25, 0.3) is 60.1 Å². The molecule has 1 aliphatic rings. The summed E-state index contributed by atoms with van der Waals surface area (Å²) < 4.78 is 2.45. The van der Waals surface area contributed by atoms with E-state index in [9.17, 15) is 0 Å². The van der Waals surface area contributed by atoms with Gasteiger partial charge in [-0.3, -0.25) is 0 Å². The summed E-state index contributed by atoms with van der Waals surface area (Å²) in [6.07, 6.45) is 1.99. The Morgan fingerprint density at radius 1 is 0.500 bits per heavy atom. The Morgan fingerprint density at radius 2 is 1.11 bits per heavy atom. The van der Waals surface area contributed by atoms with Crippen molar-refractivity contribution in [2.75, 3.05) is 0 Å². The van der Waals surface area contributed by atoms with Crippen LogP contribution in [-0.4, -0.2) is 9.55 Å². The maximum Gasteiger partial charge on any atom is 0.0789 e. The van der Waals surface area contributed by atoms with Crippen molar-refractivity contribution < 1.29 is 0 Å². The van der Waals surface area contributed by atoms with Gasteiger partial charge in [-0.25, -0.2) is 0 Å². The third-order valence-corrected chi connectivity index (χ3v) is 8.59. The Labute approximate surface area is 219 Å². The minimum absolute atomic E-state index is 0.992. The quantitative estimate of drug-likeness (QED) is 0.240. The minimum atomic E-state index is 0.992. The van der Waals surface area contributed by atoms with Gasteiger partial charge in [-0.15, -0.1) is 0 Å². The lowest BCUT2D eigenvalue weighted by molar-refractivity contribution is 1.01. The fourth-order valence-corrected chi connectivity index (χ4v) is 6.94. The predicted octanol–water partition coefficient (Wildman–Crippen LogP) is 9.07. The highest BCUT2D eigenvalue weighted by Crippen LogP contribution is 2.45. The zero-order chi connectivity index (χ0) is 24.8. The highest BCUT2D eigenvalue weighted by Gasteiger charge is 2.24. The molecule has 0 amide bonds. The molecule has 2 aromatic heterocycles. The molecule has 2 heteroatoms. The fraction of sp³-hybridized carbons (Fsp3) is 0.0556. The molecule has 2 nitrogen and oxygen atoms in total. The van der Waals surface area contributed by atoms with Crippen molar-refractivity contribution in [1.29, 1.82) is 0 Å². The van der Waals surface area contributed by atoms with E-state index in [-0.39, 0.29) is 0 Å². The molecule has 6 aromatic carbocycles. The molecule has 0 bridgehead atoms. The van der Waals surface area contributed by atoms with Gasteiger partial charge in [0.05, 0.1) is 16.6 Å². The lowest BCUT2D eigenvalue weighted by Gasteiger charge is -2.21. The molecule has 2 heterocycles. The SMILES string of the molecule is c1ccc(-n2c3ccccc3c3c4cc5c(cc4c4c6ccccc6[nH]c4c32)Cc2ccccc2C5)cc1. The van der Waals surface area contributed by atoms with Crippen molar-refractivity contribution in [3.63, 3.8) is 0 Å². The van der Waals surface area contributed by atoms with Gasteiger partial charge in [0.1, 0.15) is 0 Å². The molecule has 0 unspecified atom stereocenters. The number of fused-ring (bicyclic) bond motifs is 12. The molecule has 0 saturated carbocycles. The number of benzene rings is 6. The molecule has 178 valence electrons. The summed E-state index contributed by atoms with van der Waals surface area (Å²) in [7, 11) is 0. The molecule has 9 rings (SSSR count). The number of para-hydroxylation sites is 3. The van der Waals surface area contributed by atoms with Crippen molar-refractivity contribution in [2.45, 2.75) is 12.8 Å². The van der Waals surface area contributed by atoms with Crippen LogP contribution < -0.4 is 0 Å². The third kappa shape index (κ3) is 2.62. The van der Waals surface area contributed by atoms with Gasteiger partial charge in [0.25, 0.3) is 0 Å². The highest BCUT2D eigenvalue weighted by molar-refractivity contribution is 6.36. The topological polar surface area (TPSA) is 20.7 Å². The van der Waals surface area contributed by atoms with Crippen molar-refractivity contribution in [1.82, 2.24) is 9.55 Å². The number of nitrogens with one attached hydrogen (secondary N) is 1. The summed E-state index contributed by atoms with van der Waals surface area (Å²) in [5, 5.41) is 7.94. The Bertz CT molecular complexity index is 2230. The maximum atomic E-state index is 3.86. The van der Waals surface area contributed by atoms with Gasteiger partial charge in [0.2, 0.25) is 0 Å². The zero-order valence-corrected chi connectivity index (χ0v) is 20.8. The predicted molar refractivity (Wildman–Crippen MR) is 160 cm³/mol. The molecule has 0 radical (unpaired) electrons. The van der Waals surface area contributed by atoms with E-state index in [1.165, 1.54) is 82.3 Å². The summed E-state index contributed by atoms with van der Waals surface area (Å²) in [6.45, 7) is 0. The number of hydrogen-bond donors (Lipinski definition) is 1. The average Bonchev–Trinajstić information content (AvgIpc) is 3.52. The van der Waals surface area contributed by atoms with E-state index in [0.29, 0.717) is 0 Å². The number of nitrogens with zero attached hydrogens (tertiary/aromatic N) is 1. The van der Waals surface area contributed by atoms with E-state index >= 15 is 0 Å². The van der Waals surface area contributed by atoms with Gasteiger partial charge in [-0.2, -0.15) is 0 Å². The monoisotopic (exact) mass is 484 g/mol. The summed E-state index contributed by atoms with van der Waals surface area (Å²) in [4.78, 5) is 3.86. The standard InChI is InChI=1S/C36H24N2/c1-2-12-26(13-3-1)38-32-17-9-7-15-28(32)34-30-21-25-19-23-11-5-4-10-22(23)18-24(25)20-29(30)33-27-14-6-8-16-31(27)37-35(33)36(34)38/h1-17,20-21,37H,18-19H2. The summed E-state index contributed by atoms with van der Waals surface area (Å²) in [5.74, 6) is 0. The first-order valence-corrected chi connectivity index (χ1v) is 13.4. The van der Waals surface area contributed by atoms with Crippen LogP contribution in [0.5, 0.6) is 0 Å². The largest absolute Gasteiger partial charge is 0.353 e. The summed E-state index contributed by atoms with van der Waals surface area (Å²) in [6, 6.07) is 42.4. The highest BCUT2D eigenvalue weighted by atomic mass is 15.0. The lowest BCUT2D eigenvalue weighted by atomic mass is 9.83. The van der Waals surface area contributed by atoms with Crippen molar-refractivity contribution in [2.24, 2.45) is 0 Å². The first-order valence-electron chi connectivity index (χ1n) is 13.4. The number of aromatic amines is 1. The number of rotatable bonds is 1. The van der Waals surface area contributed by atoms with Crippen LogP contribution in [0, 0.1) is 0 Å². The van der Waals surface area contributed by atoms with E-state index in [1.807, 2.05) is 0 Å². The number of hydrogen-bond acceptors (Lipinski definition) is 0.